The van der Waals surface area contributed by atoms with Crippen molar-refractivity contribution in [2.45, 2.75) is 19.1 Å². The predicted octanol–water partition coefficient (Wildman–Crippen LogP) is -4.47. The van der Waals surface area contributed by atoms with Crippen LogP contribution in [-0.2, 0) is 9.53 Å². The van der Waals surface area contributed by atoms with Crippen LogP contribution < -0.4 is 34.7 Å². The van der Waals surface area contributed by atoms with Crippen LogP contribution in [0.1, 0.15) is 6.92 Å². The second-order valence-electron chi connectivity index (χ2n) is 1.58. The number of carboxylic acid groups (broad SMARTS) is 1. The molecule has 40 valence electrons. The number of hydrogen-bond acceptors (Lipinski definition) is 3. The molecule has 1 heterocycles. The minimum atomic E-state index is -1.10. The first-order chi connectivity index (χ1) is 3.22. The predicted molar refractivity (Wildman–Crippen MR) is 19.3 cm³/mol. The molecule has 3 nitrogen and oxygen atoms in total. The maximum Gasteiger partial charge on any atom is 1.00 e. The fraction of sp³-hybridized carbons (Fsp3) is 0.750. The van der Waals surface area contributed by atoms with Gasteiger partial charge >= 0.3 is 29.6 Å². The Hall–Kier alpha value is 0.430. The van der Waals surface area contributed by atoms with Gasteiger partial charge in [-0.2, -0.15) is 0 Å². The summed E-state index contributed by atoms with van der Waals surface area (Å²) >= 11 is 0. The van der Waals surface area contributed by atoms with Crippen LogP contribution >= 0.6 is 0 Å². The molecular formula is C4H5NaO3. The molecule has 1 rings (SSSR count). The summed E-state index contributed by atoms with van der Waals surface area (Å²) in [6.07, 6.45) is -0.745. The Morgan fingerprint density at radius 3 is 2.12 bits per heavy atom. The molecule has 2 atom stereocenters. The Kier molecular flexibility index (Phi) is 2.98. The third kappa shape index (κ3) is 1.74. The van der Waals surface area contributed by atoms with E-state index in [4.69, 9.17) is 0 Å². The van der Waals surface area contributed by atoms with E-state index in [1.54, 1.807) is 6.92 Å². The van der Waals surface area contributed by atoms with Gasteiger partial charge in [-0.15, -0.1) is 0 Å². The summed E-state index contributed by atoms with van der Waals surface area (Å²) in [4.78, 5) is 9.74. The van der Waals surface area contributed by atoms with Gasteiger partial charge in [0.25, 0.3) is 0 Å². The van der Waals surface area contributed by atoms with E-state index in [9.17, 15) is 9.90 Å². The maximum atomic E-state index is 9.74. The van der Waals surface area contributed by atoms with Gasteiger partial charge in [-0.05, 0) is 6.92 Å². The van der Waals surface area contributed by atoms with Gasteiger partial charge in [-0.1, -0.05) is 0 Å². The quantitative estimate of drug-likeness (QED) is 0.261. The van der Waals surface area contributed by atoms with Gasteiger partial charge in [0.1, 0.15) is 6.10 Å². The second kappa shape index (κ2) is 2.82. The number of ether oxygens (including phenoxy) is 1. The zero-order valence-electron chi connectivity index (χ0n) is 4.88. The van der Waals surface area contributed by atoms with Gasteiger partial charge in [0.2, 0.25) is 0 Å². The normalized spacial score (nSPS) is 33.1. The molecule has 1 aliphatic rings. The van der Waals surface area contributed by atoms with Gasteiger partial charge < -0.3 is 14.6 Å². The monoisotopic (exact) mass is 124 g/mol. The van der Waals surface area contributed by atoms with Gasteiger partial charge in [0.05, 0.1) is 12.1 Å². The van der Waals surface area contributed by atoms with Crippen molar-refractivity contribution < 1.29 is 44.2 Å². The van der Waals surface area contributed by atoms with E-state index < -0.39 is 12.1 Å². The standard InChI is InChI=1S/C4H6O3.Na/c1-2-3(7-2)4(5)6;/h2-3H,1H3,(H,5,6);/q;+1/p-1. The average Bonchev–Trinajstić information content (AvgIpc) is 2.17. The summed E-state index contributed by atoms with van der Waals surface area (Å²) in [5.41, 5.74) is 0. The van der Waals surface area contributed by atoms with E-state index in [1.807, 2.05) is 0 Å². The number of carbonyl (C=O) groups excluding carboxylic acids is 1. The Balaban J connectivity index is 0.000000490. The van der Waals surface area contributed by atoms with E-state index in [-0.39, 0.29) is 35.7 Å². The molecule has 0 aromatic carbocycles. The molecule has 1 aliphatic heterocycles. The van der Waals surface area contributed by atoms with Gasteiger partial charge in [-0.25, -0.2) is 0 Å². The molecule has 1 saturated heterocycles. The zero-order valence-corrected chi connectivity index (χ0v) is 6.88. The smallest absolute Gasteiger partial charge is 0.547 e. The molecule has 0 N–H and O–H groups in total. The largest absolute Gasteiger partial charge is 1.00 e. The summed E-state index contributed by atoms with van der Waals surface area (Å²) in [6.45, 7) is 1.69. The molecule has 1 fully saturated rings. The number of carboxylic acids is 1. The molecule has 2 unspecified atom stereocenters. The van der Waals surface area contributed by atoms with Crippen LogP contribution in [-0.4, -0.2) is 18.2 Å². The van der Waals surface area contributed by atoms with Crippen LogP contribution in [0.5, 0.6) is 0 Å². The number of rotatable bonds is 1. The third-order valence-corrected chi connectivity index (χ3v) is 0.943. The van der Waals surface area contributed by atoms with Crippen molar-refractivity contribution >= 4 is 5.97 Å². The van der Waals surface area contributed by atoms with Crippen molar-refractivity contribution in [1.82, 2.24) is 0 Å². The van der Waals surface area contributed by atoms with Crippen LogP contribution in [0.2, 0.25) is 0 Å². The fourth-order valence-corrected chi connectivity index (χ4v) is 0.433. The van der Waals surface area contributed by atoms with Crippen molar-refractivity contribution in [3.8, 4) is 0 Å². The fourth-order valence-electron chi connectivity index (χ4n) is 0.433. The van der Waals surface area contributed by atoms with Crippen LogP contribution in [0.3, 0.4) is 0 Å². The molecule has 0 saturated carbocycles. The molecular weight excluding hydrogens is 119 g/mol. The number of epoxide rings is 1. The first-order valence-corrected chi connectivity index (χ1v) is 2.08. The minimum Gasteiger partial charge on any atom is -0.547 e. The van der Waals surface area contributed by atoms with E-state index in [0.717, 1.165) is 0 Å². The third-order valence-electron chi connectivity index (χ3n) is 0.943. The van der Waals surface area contributed by atoms with Crippen molar-refractivity contribution in [3.05, 3.63) is 0 Å². The SMILES string of the molecule is CC1OC1C(=O)[O-].[Na+]. The Labute approximate surface area is 69.3 Å². The van der Waals surface area contributed by atoms with Gasteiger partial charge in [-0.3, -0.25) is 0 Å². The summed E-state index contributed by atoms with van der Waals surface area (Å²) < 4.78 is 4.52. The second-order valence-corrected chi connectivity index (χ2v) is 1.58. The van der Waals surface area contributed by atoms with Gasteiger partial charge in [0.15, 0.2) is 0 Å². The molecule has 4 heteroatoms. The molecule has 0 bridgehead atoms. The Morgan fingerprint density at radius 1 is 1.75 bits per heavy atom. The summed E-state index contributed by atoms with van der Waals surface area (Å²) in [6, 6.07) is 0. The van der Waals surface area contributed by atoms with Crippen molar-refractivity contribution in [1.29, 1.82) is 0 Å². The van der Waals surface area contributed by atoms with Crippen molar-refractivity contribution in [2.24, 2.45) is 0 Å². The Morgan fingerprint density at radius 2 is 2.12 bits per heavy atom. The zero-order chi connectivity index (χ0) is 5.44. The summed E-state index contributed by atoms with van der Waals surface area (Å²) in [5.74, 6) is -1.10. The first-order valence-electron chi connectivity index (χ1n) is 2.08. The molecule has 0 amide bonds. The van der Waals surface area contributed by atoms with Crippen molar-refractivity contribution in [3.63, 3.8) is 0 Å². The van der Waals surface area contributed by atoms with Crippen LogP contribution in [0.4, 0.5) is 0 Å². The van der Waals surface area contributed by atoms with Crippen LogP contribution in [0, 0.1) is 0 Å². The number of hydrogen-bond donors (Lipinski definition) is 0. The number of aliphatic carboxylic acids is 1. The van der Waals surface area contributed by atoms with Crippen LogP contribution in [0.25, 0.3) is 0 Å². The molecule has 0 aromatic rings. The first kappa shape index (κ1) is 8.43. The Bertz CT molecular complexity index is 103. The van der Waals surface area contributed by atoms with Gasteiger partial charge in [0, 0.05) is 0 Å². The van der Waals surface area contributed by atoms with E-state index in [2.05, 4.69) is 4.74 Å². The maximum absolute atomic E-state index is 9.74. The van der Waals surface area contributed by atoms with E-state index in [1.165, 1.54) is 0 Å². The minimum absolute atomic E-state index is 0. The average molecular weight is 124 g/mol. The molecule has 0 aliphatic carbocycles. The van der Waals surface area contributed by atoms with Crippen molar-refractivity contribution in [2.75, 3.05) is 0 Å². The molecule has 0 spiro atoms. The number of carbonyl (C=O) groups is 1. The van der Waals surface area contributed by atoms with E-state index in [0.29, 0.717) is 0 Å². The summed E-state index contributed by atoms with van der Waals surface area (Å²) in [7, 11) is 0. The molecule has 8 heavy (non-hydrogen) atoms. The van der Waals surface area contributed by atoms with E-state index >= 15 is 0 Å². The van der Waals surface area contributed by atoms with Crippen LogP contribution in [0.15, 0.2) is 0 Å². The molecule has 0 radical (unpaired) electrons. The summed E-state index contributed by atoms with van der Waals surface area (Å²) in [5, 5.41) is 9.74. The topological polar surface area (TPSA) is 52.7 Å². The molecule has 0 aromatic heterocycles.